The molecular weight excluding hydrogens is 211 g/mol. The SMILES string of the molecule is O=C([O-])CN=CC1=C(O)CCNC1=O.[Na+]. The number of aliphatic hydroxyl groups is 1. The first-order valence-corrected chi connectivity index (χ1v) is 4.01. The number of aliphatic carboxylic acids is 1. The average Bonchev–Trinajstić information content (AvgIpc) is 2.09. The summed E-state index contributed by atoms with van der Waals surface area (Å²) in [7, 11) is 0. The molecule has 6 nitrogen and oxygen atoms in total. The van der Waals surface area contributed by atoms with E-state index in [4.69, 9.17) is 0 Å². The number of carbonyl (C=O) groups excluding carboxylic acids is 2. The molecule has 0 aromatic carbocycles. The minimum atomic E-state index is -1.34. The van der Waals surface area contributed by atoms with Crippen LogP contribution < -0.4 is 40.0 Å². The summed E-state index contributed by atoms with van der Waals surface area (Å²) in [4.78, 5) is 24.5. The number of nitrogens with one attached hydrogen (secondary N) is 1. The van der Waals surface area contributed by atoms with Crippen LogP contribution in [0.5, 0.6) is 0 Å². The predicted molar refractivity (Wildman–Crippen MR) is 45.6 cm³/mol. The molecule has 0 saturated carbocycles. The minimum absolute atomic E-state index is 0. The monoisotopic (exact) mass is 220 g/mol. The molecule has 0 aromatic heterocycles. The normalized spacial score (nSPS) is 16.1. The Labute approximate surface area is 108 Å². The molecule has 2 N–H and O–H groups in total. The van der Waals surface area contributed by atoms with E-state index in [0.29, 0.717) is 13.0 Å². The van der Waals surface area contributed by atoms with E-state index in [1.54, 1.807) is 0 Å². The molecule has 0 saturated heterocycles. The number of aliphatic hydroxyl groups excluding tert-OH is 1. The summed E-state index contributed by atoms with van der Waals surface area (Å²) in [6.07, 6.45) is 1.37. The summed E-state index contributed by atoms with van der Waals surface area (Å²) in [6, 6.07) is 0. The van der Waals surface area contributed by atoms with Crippen molar-refractivity contribution in [3.8, 4) is 0 Å². The molecule has 0 aliphatic carbocycles. The van der Waals surface area contributed by atoms with Crippen molar-refractivity contribution in [2.24, 2.45) is 4.99 Å². The zero-order valence-corrected chi connectivity index (χ0v) is 10.3. The maximum Gasteiger partial charge on any atom is 1.00 e. The molecule has 0 fully saturated rings. The molecule has 0 aromatic rings. The first-order valence-electron chi connectivity index (χ1n) is 4.01. The molecule has 0 spiro atoms. The molecule has 1 amide bonds. The van der Waals surface area contributed by atoms with Gasteiger partial charge in [-0.2, -0.15) is 0 Å². The number of amides is 1. The Kier molecular flexibility index (Phi) is 6.23. The average molecular weight is 220 g/mol. The molecule has 0 bridgehead atoms. The summed E-state index contributed by atoms with van der Waals surface area (Å²) >= 11 is 0. The van der Waals surface area contributed by atoms with Crippen LogP contribution in [0.2, 0.25) is 0 Å². The van der Waals surface area contributed by atoms with Gasteiger partial charge in [-0.1, -0.05) is 0 Å². The molecule has 1 rings (SSSR count). The third-order valence-electron chi connectivity index (χ3n) is 1.64. The Morgan fingerprint density at radius 3 is 2.87 bits per heavy atom. The topological polar surface area (TPSA) is 102 Å². The molecule has 15 heavy (non-hydrogen) atoms. The van der Waals surface area contributed by atoms with Gasteiger partial charge in [0.05, 0.1) is 18.1 Å². The van der Waals surface area contributed by atoms with E-state index >= 15 is 0 Å². The van der Waals surface area contributed by atoms with E-state index in [1.807, 2.05) is 0 Å². The van der Waals surface area contributed by atoms with Crippen molar-refractivity contribution in [3.05, 3.63) is 11.3 Å². The van der Waals surface area contributed by atoms with Crippen LogP contribution in [-0.2, 0) is 9.59 Å². The van der Waals surface area contributed by atoms with Crippen molar-refractivity contribution in [2.75, 3.05) is 13.1 Å². The van der Waals surface area contributed by atoms with E-state index in [-0.39, 0.29) is 40.9 Å². The molecule has 0 unspecified atom stereocenters. The molecule has 1 heterocycles. The van der Waals surface area contributed by atoms with Gasteiger partial charge in [0.15, 0.2) is 0 Å². The molecule has 1 aliphatic rings. The second kappa shape index (κ2) is 6.60. The van der Waals surface area contributed by atoms with Crippen LogP contribution in [0.25, 0.3) is 0 Å². The molecule has 1 aliphatic heterocycles. The van der Waals surface area contributed by atoms with Crippen LogP contribution >= 0.6 is 0 Å². The van der Waals surface area contributed by atoms with Crippen molar-refractivity contribution in [1.29, 1.82) is 0 Å². The fourth-order valence-electron chi connectivity index (χ4n) is 1.000. The van der Waals surface area contributed by atoms with Gasteiger partial charge in [0.25, 0.3) is 5.91 Å². The van der Waals surface area contributed by atoms with Crippen molar-refractivity contribution in [1.82, 2.24) is 5.32 Å². The molecular formula is C8H9N2NaO4. The van der Waals surface area contributed by atoms with E-state index < -0.39 is 18.4 Å². The third kappa shape index (κ3) is 4.46. The van der Waals surface area contributed by atoms with Gasteiger partial charge in [-0.3, -0.25) is 9.79 Å². The zero-order valence-electron chi connectivity index (χ0n) is 8.32. The largest absolute Gasteiger partial charge is 1.00 e. The van der Waals surface area contributed by atoms with Crippen molar-refractivity contribution >= 4 is 18.1 Å². The van der Waals surface area contributed by atoms with Crippen LogP contribution in [0.4, 0.5) is 0 Å². The van der Waals surface area contributed by atoms with Crippen LogP contribution in [0.15, 0.2) is 16.3 Å². The quantitative estimate of drug-likeness (QED) is 0.368. The number of rotatable bonds is 3. The number of hydrogen-bond acceptors (Lipinski definition) is 5. The predicted octanol–water partition coefficient (Wildman–Crippen LogP) is -4.86. The van der Waals surface area contributed by atoms with Gasteiger partial charge >= 0.3 is 29.6 Å². The van der Waals surface area contributed by atoms with E-state index in [0.717, 1.165) is 6.21 Å². The van der Waals surface area contributed by atoms with Gasteiger partial charge < -0.3 is 20.3 Å². The standard InChI is InChI=1S/C8H10N2O4.Na/c11-6-1-2-10-8(14)5(6)3-9-4-7(12)13;/h3,11H,1-2,4H2,(H,10,14)(H,12,13);/q;+1/p-1. The number of hydrogen-bond donors (Lipinski definition) is 2. The number of nitrogens with zero attached hydrogens (tertiary/aromatic N) is 1. The van der Waals surface area contributed by atoms with Gasteiger partial charge in [-0.25, -0.2) is 0 Å². The first kappa shape index (κ1) is 14.2. The van der Waals surface area contributed by atoms with Gasteiger partial charge in [0, 0.05) is 19.2 Å². The Bertz CT molecular complexity index is 325. The van der Waals surface area contributed by atoms with Crippen LogP contribution in [0, 0.1) is 0 Å². The van der Waals surface area contributed by atoms with Crippen molar-refractivity contribution in [2.45, 2.75) is 6.42 Å². The molecule has 0 atom stereocenters. The van der Waals surface area contributed by atoms with Gasteiger partial charge in [-0.15, -0.1) is 0 Å². The summed E-state index contributed by atoms with van der Waals surface area (Å²) in [5.41, 5.74) is 0.0116. The smallest absolute Gasteiger partial charge is 0.548 e. The van der Waals surface area contributed by atoms with Gasteiger partial charge in [-0.05, 0) is 0 Å². The first-order chi connectivity index (χ1) is 6.61. The fourth-order valence-corrected chi connectivity index (χ4v) is 1.000. The second-order valence-corrected chi connectivity index (χ2v) is 2.71. The van der Waals surface area contributed by atoms with E-state index in [9.17, 15) is 19.8 Å². The molecule has 76 valence electrons. The van der Waals surface area contributed by atoms with Gasteiger partial charge in [0.2, 0.25) is 0 Å². The van der Waals surface area contributed by atoms with Crippen molar-refractivity contribution in [3.63, 3.8) is 0 Å². The van der Waals surface area contributed by atoms with Crippen LogP contribution in [0.3, 0.4) is 0 Å². The number of carboxylic acid groups (broad SMARTS) is 1. The molecule has 0 radical (unpaired) electrons. The maximum absolute atomic E-state index is 11.1. The Hall–Kier alpha value is -0.850. The van der Waals surface area contributed by atoms with E-state index in [2.05, 4.69) is 10.3 Å². The number of aliphatic imine (C=N–C) groups is 1. The summed E-state index contributed by atoms with van der Waals surface area (Å²) in [5, 5.41) is 21.8. The molecule has 7 heteroatoms. The Balaban J connectivity index is 0.00000196. The third-order valence-corrected chi connectivity index (χ3v) is 1.64. The second-order valence-electron chi connectivity index (χ2n) is 2.71. The summed E-state index contributed by atoms with van der Waals surface area (Å²) in [6.45, 7) is -0.146. The Morgan fingerprint density at radius 1 is 1.67 bits per heavy atom. The van der Waals surface area contributed by atoms with Crippen molar-refractivity contribution < 1.29 is 49.4 Å². The minimum Gasteiger partial charge on any atom is -0.548 e. The van der Waals surface area contributed by atoms with Gasteiger partial charge in [0.1, 0.15) is 5.76 Å². The number of carbonyl (C=O) groups is 2. The summed E-state index contributed by atoms with van der Waals surface area (Å²) < 4.78 is 0. The number of carboxylic acids is 1. The van der Waals surface area contributed by atoms with Crippen LogP contribution in [-0.4, -0.2) is 36.3 Å². The maximum atomic E-state index is 11.1. The van der Waals surface area contributed by atoms with E-state index in [1.165, 1.54) is 0 Å². The van der Waals surface area contributed by atoms with Crippen LogP contribution in [0.1, 0.15) is 6.42 Å². The summed E-state index contributed by atoms with van der Waals surface area (Å²) in [5.74, 6) is -1.86. The Morgan fingerprint density at radius 2 is 2.33 bits per heavy atom. The zero-order chi connectivity index (χ0) is 10.6. The fraction of sp³-hybridized carbons (Fsp3) is 0.375.